The molecule has 0 aliphatic carbocycles. The highest BCUT2D eigenvalue weighted by atomic mass is 32.2. The fourth-order valence-corrected chi connectivity index (χ4v) is 3.41. The van der Waals surface area contributed by atoms with Crippen molar-refractivity contribution in [1.82, 2.24) is 4.31 Å². The van der Waals surface area contributed by atoms with Gasteiger partial charge < -0.3 is 10.1 Å². The van der Waals surface area contributed by atoms with Gasteiger partial charge >= 0.3 is 0 Å². The Bertz CT molecular complexity index is 905. The van der Waals surface area contributed by atoms with E-state index < -0.39 is 10.0 Å². The highest BCUT2D eigenvalue weighted by Gasteiger charge is 2.23. The van der Waals surface area contributed by atoms with Gasteiger partial charge in [0.15, 0.2) is 0 Å². The molecule has 0 saturated carbocycles. The van der Waals surface area contributed by atoms with Crippen molar-refractivity contribution in [3.8, 4) is 5.75 Å². The lowest BCUT2D eigenvalue weighted by molar-refractivity contribution is 0.102. The van der Waals surface area contributed by atoms with E-state index in [4.69, 9.17) is 4.74 Å². The molecular formula is C18H22N2O4S. The number of hydrogen-bond donors (Lipinski definition) is 1. The molecule has 0 heterocycles. The van der Waals surface area contributed by atoms with Crippen LogP contribution in [0.1, 0.15) is 21.5 Å². The molecule has 2 aromatic rings. The molecular weight excluding hydrogens is 340 g/mol. The standard InChI is InChI=1S/C18H22N2O4S/c1-12-6-7-13(2)15(10-12)18(21)19-14-8-9-16(24-5)17(11-14)25(22,23)20(3)4/h6-11H,1-5H3,(H,19,21). The summed E-state index contributed by atoms with van der Waals surface area (Å²) in [5.41, 5.74) is 2.75. The molecule has 0 aliphatic heterocycles. The number of nitrogens with one attached hydrogen (secondary N) is 1. The van der Waals surface area contributed by atoms with E-state index >= 15 is 0 Å². The van der Waals surface area contributed by atoms with Crippen molar-refractivity contribution in [2.45, 2.75) is 18.7 Å². The van der Waals surface area contributed by atoms with E-state index in [0.29, 0.717) is 11.3 Å². The second kappa shape index (κ2) is 7.25. The topological polar surface area (TPSA) is 75.7 Å². The minimum Gasteiger partial charge on any atom is -0.495 e. The van der Waals surface area contributed by atoms with Crippen molar-refractivity contribution in [3.05, 3.63) is 53.1 Å². The number of rotatable bonds is 5. The van der Waals surface area contributed by atoms with Gasteiger partial charge in [-0.15, -0.1) is 0 Å². The predicted molar refractivity (Wildman–Crippen MR) is 97.7 cm³/mol. The van der Waals surface area contributed by atoms with Crippen LogP contribution >= 0.6 is 0 Å². The number of hydrogen-bond acceptors (Lipinski definition) is 4. The van der Waals surface area contributed by atoms with E-state index in [1.54, 1.807) is 12.1 Å². The number of nitrogens with zero attached hydrogens (tertiary/aromatic N) is 1. The maximum absolute atomic E-state index is 12.5. The van der Waals surface area contributed by atoms with Crippen LogP contribution in [0.15, 0.2) is 41.3 Å². The summed E-state index contributed by atoms with van der Waals surface area (Å²) in [5.74, 6) is -0.0713. The summed E-state index contributed by atoms with van der Waals surface area (Å²) in [6, 6.07) is 10.1. The Hall–Kier alpha value is -2.38. The summed E-state index contributed by atoms with van der Waals surface area (Å²) in [5, 5.41) is 2.75. The van der Waals surface area contributed by atoms with Gasteiger partial charge in [-0.2, -0.15) is 0 Å². The molecule has 0 bridgehead atoms. The quantitative estimate of drug-likeness (QED) is 0.887. The van der Waals surface area contributed by atoms with Crippen LogP contribution in [-0.4, -0.2) is 39.8 Å². The molecule has 6 nitrogen and oxygen atoms in total. The van der Waals surface area contributed by atoms with Gasteiger partial charge in [-0.1, -0.05) is 17.7 Å². The van der Waals surface area contributed by atoms with Crippen LogP contribution < -0.4 is 10.1 Å². The average molecular weight is 362 g/mol. The lowest BCUT2D eigenvalue weighted by Gasteiger charge is -2.16. The summed E-state index contributed by atoms with van der Waals surface area (Å²) < 4.78 is 31.1. The zero-order chi connectivity index (χ0) is 18.8. The highest BCUT2D eigenvalue weighted by molar-refractivity contribution is 7.89. The molecule has 134 valence electrons. The fraction of sp³-hybridized carbons (Fsp3) is 0.278. The number of benzene rings is 2. The van der Waals surface area contributed by atoms with E-state index in [0.717, 1.165) is 15.4 Å². The van der Waals surface area contributed by atoms with Crippen molar-refractivity contribution in [3.63, 3.8) is 0 Å². The Morgan fingerprint density at radius 2 is 1.76 bits per heavy atom. The predicted octanol–water partition coefficient (Wildman–Crippen LogP) is 2.81. The third-order valence-electron chi connectivity index (χ3n) is 3.82. The Kier molecular flexibility index (Phi) is 5.49. The SMILES string of the molecule is COc1ccc(NC(=O)c2cc(C)ccc2C)cc1S(=O)(=O)N(C)C. The van der Waals surface area contributed by atoms with E-state index in [-0.39, 0.29) is 16.6 Å². The molecule has 0 unspecified atom stereocenters. The Morgan fingerprint density at radius 1 is 1.08 bits per heavy atom. The van der Waals surface area contributed by atoms with Crippen LogP contribution in [0.3, 0.4) is 0 Å². The van der Waals surface area contributed by atoms with E-state index in [1.807, 2.05) is 26.0 Å². The van der Waals surface area contributed by atoms with Gasteiger partial charge in [0.2, 0.25) is 10.0 Å². The number of carbonyl (C=O) groups excluding carboxylic acids is 1. The minimum atomic E-state index is -3.70. The molecule has 2 aromatic carbocycles. The average Bonchev–Trinajstić information content (AvgIpc) is 2.56. The fourth-order valence-electron chi connectivity index (χ4n) is 2.33. The first-order valence-corrected chi connectivity index (χ1v) is 9.10. The molecule has 1 amide bonds. The molecule has 0 aromatic heterocycles. The lowest BCUT2D eigenvalue weighted by Crippen LogP contribution is -2.23. The van der Waals surface area contributed by atoms with Crippen molar-refractivity contribution < 1.29 is 17.9 Å². The third-order valence-corrected chi connectivity index (χ3v) is 5.65. The van der Waals surface area contributed by atoms with Crippen LogP contribution in [0.5, 0.6) is 5.75 Å². The summed E-state index contributed by atoms with van der Waals surface area (Å²) in [6.45, 7) is 3.76. The zero-order valence-electron chi connectivity index (χ0n) is 15.0. The summed E-state index contributed by atoms with van der Waals surface area (Å²) in [4.78, 5) is 12.5. The van der Waals surface area contributed by atoms with Gasteiger partial charge in [0, 0.05) is 25.3 Å². The molecule has 0 saturated heterocycles. The summed E-state index contributed by atoms with van der Waals surface area (Å²) in [7, 11) is 0.582. The van der Waals surface area contributed by atoms with E-state index in [2.05, 4.69) is 5.32 Å². The van der Waals surface area contributed by atoms with Gasteiger partial charge in [0.05, 0.1) is 7.11 Å². The third kappa shape index (κ3) is 4.00. The Morgan fingerprint density at radius 3 is 2.36 bits per heavy atom. The molecule has 25 heavy (non-hydrogen) atoms. The molecule has 1 N–H and O–H groups in total. The number of amides is 1. The molecule has 2 rings (SSSR count). The van der Waals surface area contributed by atoms with Crippen LogP contribution in [0.25, 0.3) is 0 Å². The lowest BCUT2D eigenvalue weighted by atomic mass is 10.1. The number of sulfonamides is 1. The van der Waals surface area contributed by atoms with Crippen LogP contribution in [0.2, 0.25) is 0 Å². The van der Waals surface area contributed by atoms with Gasteiger partial charge in [0.1, 0.15) is 10.6 Å². The first kappa shape index (κ1) is 19.0. The molecule has 7 heteroatoms. The van der Waals surface area contributed by atoms with Crippen molar-refractivity contribution >= 4 is 21.6 Å². The largest absolute Gasteiger partial charge is 0.495 e. The molecule has 0 radical (unpaired) electrons. The van der Waals surface area contributed by atoms with Gasteiger partial charge in [0.25, 0.3) is 5.91 Å². The smallest absolute Gasteiger partial charge is 0.255 e. The van der Waals surface area contributed by atoms with Gasteiger partial charge in [-0.3, -0.25) is 4.79 Å². The Balaban J connectivity index is 2.41. The van der Waals surface area contributed by atoms with E-state index in [9.17, 15) is 13.2 Å². The number of anilines is 1. The first-order chi connectivity index (χ1) is 11.7. The highest BCUT2D eigenvalue weighted by Crippen LogP contribution is 2.29. The molecule has 0 fully saturated rings. The molecule has 0 spiro atoms. The van der Waals surface area contributed by atoms with Crippen LogP contribution in [0, 0.1) is 13.8 Å². The van der Waals surface area contributed by atoms with E-state index in [1.165, 1.54) is 33.3 Å². The van der Waals surface area contributed by atoms with Crippen molar-refractivity contribution in [2.75, 3.05) is 26.5 Å². The molecule has 0 atom stereocenters. The second-order valence-electron chi connectivity index (χ2n) is 5.93. The number of aryl methyl sites for hydroxylation is 2. The maximum Gasteiger partial charge on any atom is 0.255 e. The number of methoxy groups -OCH3 is 1. The van der Waals surface area contributed by atoms with Gasteiger partial charge in [-0.25, -0.2) is 12.7 Å². The van der Waals surface area contributed by atoms with Crippen molar-refractivity contribution in [1.29, 1.82) is 0 Å². The van der Waals surface area contributed by atoms with Crippen molar-refractivity contribution in [2.24, 2.45) is 0 Å². The number of ether oxygens (including phenoxy) is 1. The normalized spacial score (nSPS) is 11.4. The number of carbonyl (C=O) groups is 1. The minimum absolute atomic E-state index is 0.00114. The zero-order valence-corrected chi connectivity index (χ0v) is 15.8. The first-order valence-electron chi connectivity index (χ1n) is 7.66. The van der Waals surface area contributed by atoms with Gasteiger partial charge in [-0.05, 0) is 43.7 Å². The maximum atomic E-state index is 12.5. The van der Waals surface area contributed by atoms with Crippen LogP contribution in [0.4, 0.5) is 5.69 Å². The summed E-state index contributed by atoms with van der Waals surface area (Å²) in [6.07, 6.45) is 0. The Labute approximate surface area is 148 Å². The second-order valence-corrected chi connectivity index (χ2v) is 8.05. The van der Waals surface area contributed by atoms with Crippen LogP contribution in [-0.2, 0) is 10.0 Å². The summed E-state index contributed by atoms with van der Waals surface area (Å²) >= 11 is 0. The monoisotopic (exact) mass is 362 g/mol. The molecule has 0 aliphatic rings.